The van der Waals surface area contributed by atoms with E-state index in [0.29, 0.717) is 19.3 Å². The highest BCUT2D eigenvalue weighted by Crippen LogP contribution is 2.45. The number of phosphoric ester groups is 2. The molecule has 5 atom stereocenters. The normalized spacial score (nSPS) is 14.7. The van der Waals surface area contributed by atoms with Crippen LogP contribution in [0, 0.1) is 0 Å². The summed E-state index contributed by atoms with van der Waals surface area (Å²) in [6.07, 6.45) is 86.9. The fourth-order valence-corrected chi connectivity index (χ4v) is 11.8. The van der Waals surface area contributed by atoms with Crippen molar-refractivity contribution in [2.45, 2.75) is 334 Å². The number of allylic oxidation sites excluding steroid dienone is 20. The first-order chi connectivity index (χ1) is 48.2. The summed E-state index contributed by atoms with van der Waals surface area (Å²) in [5.74, 6) is -1.60. The summed E-state index contributed by atoms with van der Waals surface area (Å²) < 4.78 is 61.0. The number of unbranched alkanes of at least 4 members (excludes halogenated alkanes) is 30. The Hall–Kier alpha value is -4.05. The maximum atomic E-state index is 12.9. The van der Waals surface area contributed by atoms with Crippen molar-refractivity contribution in [3.8, 4) is 0 Å². The second kappa shape index (κ2) is 73.7. The molecule has 0 aromatic carbocycles. The summed E-state index contributed by atoms with van der Waals surface area (Å²) in [5, 5.41) is 20.6. The van der Waals surface area contributed by atoms with Crippen LogP contribution in [0.5, 0.6) is 0 Å². The van der Waals surface area contributed by atoms with Crippen LogP contribution in [0.2, 0.25) is 0 Å². The minimum absolute atomic E-state index is 0.0842. The molecule has 0 spiro atoms. The molecule has 0 aliphatic carbocycles. The van der Waals surface area contributed by atoms with E-state index in [1.54, 1.807) is 0 Å². The third kappa shape index (κ3) is 74.9. The number of ether oxygens (including phenoxy) is 3. The van der Waals surface area contributed by atoms with Gasteiger partial charge in [-0.1, -0.05) is 290 Å². The zero-order valence-corrected chi connectivity index (χ0v) is 63.9. The van der Waals surface area contributed by atoms with E-state index in [4.69, 9.17) is 32.3 Å². The van der Waals surface area contributed by atoms with E-state index in [1.807, 2.05) is 0 Å². The number of hydrogen-bond donors (Lipinski definition) is 4. The number of phosphoric acid groups is 2. The molecule has 0 heterocycles. The van der Waals surface area contributed by atoms with Gasteiger partial charge in [0, 0.05) is 19.3 Å². The SMILES string of the molecule is CC/C=C\C/C=C\C/C=C\C/C=C\C/C=C\CCCCCCCCCCCCCCCCCC(=O)OCC(O)COP(=O)(O)OCC(O)COP(=O)(O)OCC(COC(=O)CCCCCCCC/C=C\C/C=C\C/C=C\CCCCC)OC(=O)CCCCCCC/C=C\C/C=C\CCC. The van der Waals surface area contributed by atoms with Crippen LogP contribution in [0.15, 0.2) is 122 Å². The molecule has 5 unspecified atom stereocenters. The first-order valence-electron chi connectivity index (χ1n) is 38.8. The molecule has 0 aromatic rings. The van der Waals surface area contributed by atoms with Gasteiger partial charge in [0.05, 0.1) is 26.4 Å². The van der Waals surface area contributed by atoms with Crippen molar-refractivity contribution in [2.24, 2.45) is 0 Å². The Morgan fingerprint density at radius 2 is 0.556 bits per heavy atom. The van der Waals surface area contributed by atoms with Gasteiger partial charge in [-0.2, -0.15) is 0 Å². The Morgan fingerprint density at radius 3 is 0.889 bits per heavy atom. The molecule has 99 heavy (non-hydrogen) atoms. The molecule has 0 aromatic heterocycles. The minimum Gasteiger partial charge on any atom is -0.463 e. The fraction of sp³-hybridized carbons (Fsp3) is 0.716. The average molecular weight is 1430 g/mol. The second-order valence-electron chi connectivity index (χ2n) is 25.8. The van der Waals surface area contributed by atoms with E-state index in [1.165, 1.54) is 96.3 Å². The lowest BCUT2D eigenvalue weighted by molar-refractivity contribution is -0.161. The summed E-state index contributed by atoms with van der Waals surface area (Å²) in [6, 6.07) is 0. The molecule has 0 saturated heterocycles. The zero-order valence-electron chi connectivity index (χ0n) is 62.1. The van der Waals surface area contributed by atoms with Crippen LogP contribution < -0.4 is 0 Å². The summed E-state index contributed by atoms with van der Waals surface area (Å²) in [6.45, 7) is 2.45. The van der Waals surface area contributed by atoms with Crippen molar-refractivity contribution in [1.82, 2.24) is 0 Å². The van der Waals surface area contributed by atoms with Crippen molar-refractivity contribution < 1.29 is 75.8 Å². The third-order valence-corrected chi connectivity index (χ3v) is 18.0. The Kier molecular flexibility index (Phi) is 70.7. The number of aliphatic hydroxyl groups excluding tert-OH is 2. The van der Waals surface area contributed by atoms with Gasteiger partial charge in [0.2, 0.25) is 0 Å². The molecule has 0 fully saturated rings. The van der Waals surface area contributed by atoms with Gasteiger partial charge in [-0.05, 0) is 128 Å². The van der Waals surface area contributed by atoms with Crippen LogP contribution in [0.3, 0.4) is 0 Å². The number of aliphatic hydroxyl groups is 2. The van der Waals surface area contributed by atoms with Crippen molar-refractivity contribution in [3.63, 3.8) is 0 Å². The summed E-state index contributed by atoms with van der Waals surface area (Å²) in [7, 11) is -9.79. The molecular formula is C81H140O16P2. The van der Waals surface area contributed by atoms with Gasteiger partial charge in [-0.25, -0.2) is 9.13 Å². The third-order valence-electron chi connectivity index (χ3n) is 16.1. The molecule has 0 saturated carbocycles. The lowest BCUT2D eigenvalue weighted by atomic mass is 10.0. The topological polar surface area (TPSA) is 231 Å². The highest BCUT2D eigenvalue weighted by Gasteiger charge is 2.29. The quantitative estimate of drug-likeness (QED) is 0.0146. The van der Waals surface area contributed by atoms with E-state index in [0.717, 1.165) is 161 Å². The highest BCUT2D eigenvalue weighted by molar-refractivity contribution is 7.47. The van der Waals surface area contributed by atoms with Crippen molar-refractivity contribution in [1.29, 1.82) is 0 Å². The molecule has 0 amide bonds. The maximum absolute atomic E-state index is 12.9. The lowest BCUT2D eigenvalue weighted by Crippen LogP contribution is -2.30. The van der Waals surface area contributed by atoms with Gasteiger partial charge in [-0.15, -0.1) is 0 Å². The minimum atomic E-state index is -4.93. The fourth-order valence-electron chi connectivity index (χ4n) is 10.2. The lowest BCUT2D eigenvalue weighted by Gasteiger charge is -2.21. The maximum Gasteiger partial charge on any atom is 0.472 e. The number of esters is 3. The molecule has 570 valence electrons. The van der Waals surface area contributed by atoms with E-state index >= 15 is 0 Å². The van der Waals surface area contributed by atoms with Crippen LogP contribution in [0.1, 0.15) is 316 Å². The molecule has 0 aliphatic heterocycles. The zero-order chi connectivity index (χ0) is 72.3. The van der Waals surface area contributed by atoms with Crippen molar-refractivity contribution in [3.05, 3.63) is 122 Å². The number of carbonyl (C=O) groups is 3. The first-order valence-corrected chi connectivity index (χ1v) is 41.8. The van der Waals surface area contributed by atoms with Crippen LogP contribution in [-0.2, 0) is 55.8 Å². The molecule has 0 rings (SSSR count). The van der Waals surface area contributed by atoms with E-state index in [-0.39, 0.29) is 19.3 Å². The first kappa shape index (κ1) is 94.9. The van der Waals surface area contributed by atoms with Gasteiger partial charge in [-0.3, -0.25) is 32.5 Å². The number of hydrogen-bond acceptors (Lipinski definition) is 14. The Balaban J connectivity index is 4.45. The molecule has 18 heteroatoms. The van der Waals surface area contributed by atoms with Gasteiger partial charge < -0.3 is 34.2 Å². The van der Waals surface area contributed by atoms with E-state index < -0.39 is 91.5 Å². The van der Waals surface area contributed by atoms with Crippen LogP contribution in [-0.4, -0.2) is 95.9 Å². The molecule has 0 radical (unpaired) electrons. The van der Waals surface area contributed by atoms with Gasteiger partial charge in [0.25, 0.3) is 0 Å². The molecular weight excluding hydrogens is 1290 g/mol. The van der Waals surface area contributed by atoms with E-state index in [9.17, 15) is 43.5 Å². The van der Waals surface area contributed by atoms with Gasteiger partial charge in [0.15, 0.2) is 6.10 Å². The number of rotatable bonds is 73. The Bertz CT molecular complexity index is 2290. The summed E-state index contributed by atoms with van der Waals surface area (Å²) >= 11 is 0. The predicted octanol–water partition coefficient (Wildman–Crippen LogP) is 22.5. The number of carbonyl (C=O) groups excluding carboxylic acids is 3. The van der Waals surface area contributed by atoms with Crippen molar-refractivity contribution >= 4 is 33.6 Å². The smallest absolute Gasteiger partial charge is 0.463 e. The van der Waals surface area contributed by atoms with Gasteiger partial charge in [0.1, 0.15) is 25.4 Å². The standard InChI is InChI=1S/C81H140O16P2/c1-4-7-10-13-16-19-22-25-27-29-31-32-33-34-35-36-37-38-39-40-41-42-44-46-47-50-52-55-58-61-64-67-79(84)91-70-76(82)71-93-98(87,88)94-72-77(83)73-95-99(89,90)96-75-78(97-81(86)69-66-63-60-57-54-49-24-21-18-15-12-9-6-3)74-92-80(85)68-65-62-59-56-53-51-48-45-43-30-28-26-23-20-17-14-11-8-5-2/h7,10,12,15-17,19-21,24-28,31-32,34-35,43,45,76-78,82-83H,4-6,8-9,11,13-14,18,22-23,29-30,33,36-42,44,46-75H2,1-3H3,(H,87,88)(H,89,90)/b10-7-,15-12-,19-16-,20-17-,24-21-,27-25-,28-26-,32-31-,35-34-,45-43-. The van der Waals surface area contributed by atoms with E-state index in [2.05, 4.69) is 142 Å². The summed E-state index contributed by atoms with van der Waals surface area (Å²) in [4.78, 5) is 58.5. The monoisotopic (exact) mass is 1430 g/mol. The average Bonchev–Trinajstić information content (AvgIpc) is 1.02. The Labute approximate surface area is 602 Å². The molecule has 0 aliphatic rings. The summed E-state index contributed by atoms with van der Waals surface area (Å²) in [5.41, 5.74) is 0. The van der Waals surface area contributed by atoms with Crippen molar-refractivity contribution in [2.75, 3.05) is 39.6 Å². The largest absolute Gasteiger partial charge is 0.472 e. The molecule has 16 nitrogen and oxygen atoms in total. The highest BCUT2D eigenvalue weighted by atomic mass is 31.2. The Morgan fingerprint density at radius 1 is 0.293 bits per heavy atom. The molecule has 4 N–H and O–H groups in total. The van der Waals surface area contributed by atoms with Crippen LogP contribution in [0.4, 0.5) is 0 Å². The predicted molar refractivity (Wildman–Crippen MR) is 408 cm³/mol. The molecule has 0 bridgehead atoms. The second-order valence-corrected chi connectivity index (χ2v) is 28.7. The van der Waals surface area contributed by atoms with Gasteiger partial charge >= 0.3 is 33.6 Å². The van der Waals surface area contributed by atoms with Crippen LogP contribution in [0.25, 0.3) is 0 Å². The van der Waals surface area contributed by atoms with Crippen LogP contribution >= 0.6 is 15.6 Å².